The summed E-state index contributed by atoms with van der Waals surface area (Å²) < 4.78 is 5.36. The van der Waals surface area contributed by atoms with Crippen molar-refractivity contribution in [2.75, 3.05) is 26.3 Å². The molecule has 1 saturated carbocycles. The maximum Gasteiger partial charge on any atom is 0.221 e. The molecular weight excluding hydrogens is 240 g/mol. The number of hydrogen-bond donors (Lipinski definition) is 2. The number of amides is 1. The summed E-state index contributed by atoms with van der Waals surface area (Å²) >= 11 is 0. The number of hydrogen-bond acceptors (Lipinski definition) is 3. The monoisotopic (exact) mass is 268 g/mol. The van der Waals surface area contributed by atoms with Gasteiger partial charge in [-0.3, -0.25) is 4.79 Å². The van der Waals surface area contributed by atoms with Crippen molar-refractivity contribution < 1.29 is 9.53 Å². The number of ether oxygens (including phenoxy) is 1. The Morgan fingerprint density at radius 2 is 2.11 bits per heavy atom. The Bertz CT molecular complexity index is 289. The molecule has 0 bridgehead atoms. The van der Waals surface area contributed by atoms with Crippen molar-refractivity contribution in [3.63, 3.8) is 0 Å². The molecular formula is C15H28N2O2. The van der Waals surface area contributed by atoms with Gasteiger partial charge in [0.25, 0.3) is 0 Å². The van der Waals surface area contributed by atoms with E-state index in [9.17, 15) is 4.79 Å². The molecule has 0 aromatic heterocycles. The van der Waals surface area contributed by atoms with E-state index in [1.807, 2.05) is 0 Å². The molecule has 1 atom stereocenters. The molecule has 2 N–H and O–H groups in total. The van der Waals surface area contributed by atoms with Crippen LogP contribution in [0, 0.1) is 11.3 Å². The Morgan fingerprint density at radius 3 is 2.74 bits per heavy atom. The highest BCUT2D eigenvalue weighted by Crippen LogP contribution is 2.37. The largest absolute Gasteiger partial charge is 0.378 e. The average Bonchev–Trinajstić information content (AvgIpc) is 2.39. The maximum atomic E-state index is 11.9. The first-order valence-corrected chi connectivity index (χ1v) is 7.63. The van der Waals surface area contributed by atoms with E-state index in [0.717, 1.165) is 19.7 Å². The summed E-state index contributed by atoms with van der Waals surface area (Å²) in [5.41, 5.74) is 0.504. The number of nitrogens with one attached hydrogen (secondary N) is 2. The summed E-state index contributed by atoms with van der Waals surface area (Å²) in [5, 5.41) is 6.41. The van der Waals surface area contributed by atoms with Crippen molar-refractivity contribution in [1.29, 1.82) is 0 Å². The normalized spacial score (nSPS) is 28.0. The first-order valence-electron chi connectivity index (χ1n) is 7.63. The van der Waals surface area contributed by atoms with E-state index in [1.54, 1.807) is 0 Å². The van der Waals surface area contributed by atoms with Gasteiger partial charge in [-0.15, -0.1) is 0 Å². The highest BCUT2D eigenvalue weighted by Gasteiger charge is 2.27. The number of morpholine rings is 1. The van der Waals surface area contributed by atoms with Crippen LogP contribution in [0.2, 0.25) is 0 Å². The second-order valence-corrected chi connectivity index (χ2v) is 6.84. The Hall–Kier alpha value is -0.610. The van der Waals surface area contributed by atoms with E-state index in [-0.39, 0.29) is 11.9 Å². The molecule has 4 nitrogen and oxygen atoms in total. The third-order valence-electron chi connectivity index (χ3n) is 4.48. The molecule has 19 heavy (non-hydrogen) atoms. The molecule has 0 radical (unpaired) electrons. The van der Waals surface area contributed by atoms with Crippen molar-refractivity contribution in [2.45, 2.75) is 52.0 Å². The quantitative estimate of drug-likeness (QED) is 0.816. The predicted molar refractivity (Wildman–Crippen MR) is 76.0 cm³/mol. The average molecular weight is 268 g/mol. The zero-order valence-electron chi connectivity index (χ0n) is 12.3. The van der Waals surface area contributed by atoms with Crippen LogP contribution in [0.15, 0.2) is 0 Å². The van der Waals surface area contributed by atoms with Crippen molar-refractivity contribution in [3.05, 3.63) is 0 Å². The molecule has 4 heteroatoms. The van der Waals surface area contributed by atoms with Crippen molar-refractivity contribution in [1.82, 2.24) is 10.6 Å². The molecule has 1 saturated heterocycles. The van der Waals surface area contributed by atoms with Crippen molar-refractivity contribution >= 4 is 5.91 Å². The zero-order chi connectivity index (χ0) is 13.7. The highest BCUT2D eigenvalue weighted by atomic mass is 16.5. The summed E-state index contributed by atoms with van der Waals surface area (Å²) in [6.45, 7) is 7.81. The summed E-state index contributed by atoms with van der Waals surface area (Å²) in [5.74, 6) is 0.834. The molecule has 0 aromatic rings. The highest BCUT2D eigenvalue weighted by molar-refractivity contribution is 5.76. The van der Waals surface area contributed by atoms with Crippen LogP contribution in [0.25, 0.3) is 0 Å². The molecule has 1 heterocycles. The smallest absolute Gasteiger partial charge is 0.221 e. The van der Waals surface area contributed by atoms with E-state index in [2.05, 4.69) is 24.5 Å². The summed E-state index contributed by atoms with van der Waals surface area (Å²) in [7, 11) is 0. The molecule has 2 rings (SSSR count). The van der Waals surface area contributed by atoms with Gasteiger partial charge in [-0.2, -0.15) is 0 Å². The van der Waals surface area contributed by atoms with Gasteiger partial charge in [0.15, 0.2) is 0 Å². The van der Waals surface area contributed by atoms with Crippen LogP contribution in [0.4, 0.5) is 0 Å². The van der Waals surface area contributed by atoms with E-state index < -0.39 is 0 Å². The predicted octanol–water partition coefficient (Wildman–Crippen LogP) is 1.70. The molecule has 1 aliphatic carbocycles. The zero-order valence-corrected chi connectivity index (χ0v) is 12.3. The molecule has 2 aliphatic rings. The van der Waals surface area contributed by atoms with Gasteiger partial charge in [0.1, 0.15) is 0 Å². The number of carbonyl (C=O) groups is 1. The number of rotatable bonds is 4. The summed E-state index contributed by atoms with van der Waals surface area (Å²) in [6, 6.07) is 0.194. The SMILES string of the molecule is CC1(C)CCC(CNC(=O)CC2COCCN2)CC1. The minimum Gasteiger partial charge on any atom is -0.378 e. The molecule has 0 aromatic carbocycles. The molecule has 1 aliphatic heterocycles. The fourth-order valence-corrected chi connectivity index (χ4v) is 2.97. The maximum absolute atomic E-state index is 11.9. The van der Waals surface area contributed by atoms with E-state index in [4.69, 9.17) is 4.74 Å². The lowest BCUT2D eigenvalue weighted by molar-refractivity contribution is -0.122. The molecule has 110 valence electrons. The third-order valence-corrected chi connectivity index (χ3v) is 4.48. The Balaban J connectivity index is 1.61. The van der Waals surface area contributed by atoms with Gasteiger partial charge in [-0.1, -0.05) is 13.8 Å². The lowest BCUT2D eigenvalue weighted by Crippen LogP contribution is -2.44. The van der Waals surface area contributed by atoms with E-state index >= 15 is 0 Å². The number of carbonyl (C=O) groups excluding carboxylic acids is 1. The van der Waals surface area contributed by atoms with Gasteiger partial charge in [-0.05, 0) is 37.0 Å². The van der Waals surface area contributed by atoms with Crippen LogP contribution in [0.3, 0.4) is 0 Å². The first-order chi connectivity index (χ1) is 9.05. The van der Waals surface area contributed by atoms with Gasteiger partial charge >= 0.3 is 0 Å². The fourth-order valence-electron chi connectivity index (χ4n) is 2.97. The van der Waals surface area contributed by atoms with Crippen LogP contribution in [0.1, 0.15) is 46.0 Å². The van der Waals surface area contributed by atoms with Crippen molar-refractivity contribution in [2.24, 2.45) is 11.3 Å². The standard InChI is InChI=1S/C15H28N2O2/c1-15(2)5-3-12(4-6-15)10-17-14(18)9-13-11-19-8-7-16-13/h12-13,16H,3-11H2,1-2H3,(H,17,18). The third kappa shape index (κ3) is 5.11. The second kappa shape index (κ2) is 6.71. The van der Waals surface area contributed by atoms with Crippen LogP contribution < -0.4 is 10.6 Å². The molecule has 2 fully saturated rings. The summed E-state index contributed by atoms with van der Waals surface area (Å²) in [6.07, 6.45) is 5.60. The summed E-state index contributed by atoms with van der Waals surface area (Å²) in [4.78, 5) is 11.9. The van der Waals surface area contributed by atoms with Crippen LogP contribution in [-0.4, -0.2) is 38.3 Å². The van der Waals surface area contributed by atoms with Crippen LogP contribution in [0.5, 0.6) is 0 Å². The molecule has 0 spiro atoms. The van der Waals surface area contributed by atoms with Gasteiger partial charge in [-0.25, -0.2) is 0 Å². The molecule has 1 amide bonds. The molecule has 1 unspecified atom stereocenters. The van der Waals surface area contributed by atoms with Crippen molar-refractivity contribution in [3.8, 4) is 0 Å². The van der Waals surface area contributed by atoms with Gasteiger partial charge in [0.05, 0.1) is 13.2 Å². The lowest BCUT2D eigenvalue weighted by Gasteiger charge is -2.34. The Labute approximate surface area is 116 Å². The topological polar surface area (TPSA) is 50.4 Å². The minimum absolute atomic E-state index is 0.160. The van der Waals surface area contributed by atoms with Gasteiger partial charge in [0.2, 0.25) is 5.91 Å². The van der Waals surface area contributed by atoms with Gasteiger partial charge in [0, 0.05) is 25.6 Å². The Kier molecular flexibility index (Phi) is 5.22. The van der Waals surface area contributed by atoms with E-state index in [0.29, 0.717) is 24.4 Å². The first kappa shape index (κ1) is 14.8. The van der Waals surface area contributed by atoms with Crippen LogP contribution >= 0.6 is 0 Å². The van der Waals surface area contributed by atoms with Gasteiger partial charge < -0.3 is 15.4 Å². The fraction of sp³-hybridized carbons (Fsp3) is 0.933. The second-order valence-electron chi connectivity index (χ2n) is 6.84. The lowest BCUT2D eigenvalue weighted by atomic mass is 9.73. The minimum atomic E-state index is 0.160. The van der Waals surface area contributed by atoms with E-state index in [1.165, 1.54) is 25.7 Å². The Morgan fingerprint density at radius 1 is 1.37 bits per heavy atom. The van der Waals surface area contributed by atoms with Crippen LogP contribution in [-0.2, 0) is 9.53 Å².